The number of carbonyl (C=O) groups is 1. The van der Waals surface area contributed by atoms with E-state index in [0.717, 1.165) is 42.7 Å². The number of nitrogens with zero attached hydrogens (tertiary/aromatic N) is 1. The number of nitrogens with two attached hydrogens (primary N) is 1. The Morgan fingerprint density at radius 3 is 2.86 bits per heavy atom. The van der Waals surface area contributed by atoms with E-state index < -0.39 is 0 Å². The summed E-state index contributed by atoms with van der Waals surface area (Å²) >= 11 is 0. The van der Waals surface area contributed by atoms with Gasteiger partial charge in [-0.3, -0.25) is 4.79 Å². The molecule has 0 saturated heterocycles. The number of anilines is 2. The monoisotopic (exact) mass is 278 g/mol. The quantitative estimate of drug-likeness (QED) is 0.815. The van der Waals surface area contributed by atoms with Crippen molar-refractivity contribution in [1.29, 1.82) is 0 Å². The zero-order valence-corrected chi connectivity index (χ0v) is 11.9. The number of nitrogen functional groups attached to an aromatic ring is 1. The van der Waals surface area contributed by atoms with Crippen molar-refractivity contribution in [3.05, 3.63) is 59.2 Å². The molecule has 21 heavy (non-hydrogen) atoms. The zero-order chi connectivity index (χ0) is 14.4. The first-order valence-corrected chi connectivity index (χ1v) is 7.52. The molecule has 2 aromatic carbocycles. The van der Waals surface area contributed by atoms with E-state index in [4.69, 9.17) is 5.73 Å². The summed E-state index contributed by atoms with van der Waals surface area (Å²) in [6.45, 7) is 0.800. The standard InChI is InChI=1S/C18H18N2O/c19-16-8-3-9-17-14(16)7-4-10-20(17)18(21)15-11-12-5-1-2-6-13(12)15/h1-3,5-6,8-9,15H,4,7,10-11,19H2. The lowest BCUT2D eigenvalue weighted by Gasteiger charge is -2.37. The van der Waals surface area contributed by atoms with Crippen molar-refractivity contribution in [2.24, 2.45) is 0 Å². The topological polar surface area (TPSA) is 46.3 Å². The second kappa shape index (κ2) is 4.62. The molecule has 1 aliphatic carbocycles. The highest BCUT2D eigenvalue weighted by Gasteiger charge is 2.36. The molecule has 4 rings (SSSR count). The van der Waals surface area contributed by atoms with Gasteiger partial charge >= 0.3 is 0 Å². The molecule has 2 aliphatic rings. The van der Waals surface area contributed by atoms with Crippen LogP contribution in [0, 0.1) is 0 Å². The molecule has 0 radical (unpaired) electrons. The smallest absolute Gasteiger partial charge is 0.234 e. The van der Waals surface area contributed by atoms with Crippen LogP contribution in [0.15, 0.2) is 42.5 Å². The molecule has 1 unspecified atom stereocenters. The van der Waals surface area contributed by atoms with E-state index in [1.165, 1.54) is 11.1 Å². The Bertz CT molecular complexity index is 723. The third-order valence-corrected chi connectivity index (χ3v) is 4.71. The fourth-order valence-electron chi connectivity index (χ4n) is 3.55. The predicted molar refractivity (Wildman–Crippen MR) is 84.4 cm³/mol. The van der Waals surface area contributed by atoms with Gasteiger partial charge in [0.05, 0.1) is 5.92 Å². The lowest BCUT2D eigenvalue weighted by molar-refractivity contribution is -0.120. The summed E-state index contributed by atoms with van der Waals surface area (Å²) in [7, 11) is 0. The molecule has 0 aromatic heterocycles. The van der Waals surface area contributed by atoms with Crippen LogP contribution in [-0.4, -0.2) is 12.5 Å². The molecule has 106 valence electrons. The first-order valence-electron chi connectivity index (χ1n) is 7.52. The molecule has 2 N–H and O–H groups in total. The number of rotatable bonds is 1. The second-order valence-electron chi connectivity index (χ2n) is 5.89. The maximum Gasteiger partial charge on any atom is 0.234 e. The van der Waals surface area contributed by atoms with E-state index in [9.17, 15) is 4.79 Å². The third-order valence-electron chi connectivity index (χ3n) is 4.71. The Kier molecular flexibility index (Phi) is 2.74. The molecule has 0 bridgehead atoms. The van der Waals surface area contributed by atoms with Crippen molar-refractivity contribution in [3.63, 3.8) is 0 Å². The van der Waals surface area contributed by atoms with Crippen LogP contribution < -0.4 is 10.6 Å². The summed E-state index contributed by atoms with van der Waals surface area (Å²) in [6, 6.07) is 14.1. The molecule has 1 atom stereocenters. The lowest BCUT2D eigenvalue weighted by Crippen LogP contribution is -2.42. The van der Waals surface area contributed by atoms with Crippen LogP contribution in [0.1, 0.15) is 29.0 Å². The zero-order valence-electron chi connectivity index (χ0n) is 11.9. The van der Waals surface area contributed by atoms with Crippen LogP contribution in [0.2, 0.25) is 0 Å². The largest absolute Gasteiger partial charge is 0.398 e. The predicted octanol–water partition coefficient (Wildman–Crippen LogP) is 2.89. The molecule has 0 spiro atoms. The first kappa shape index (κ1) is 12.5. The van der Waals surface area contributed by atoms with Crippen molar-refractivity contribution in [1.82, 2.24) is 0 Å². The van der Waals surface area contributed by atoms with Gasteiger partial charge in [-0.2, -0.15) is 0 Å². The van der Waals surface area contributed by atoms with Crippen LogP contribution in [-0.2, 0) is 17.6 Å². The fourth-order valence-corrected chi connectivity index (χ4v) is 3.55. The van der Waals surface area contributed by atoms with E-state index in [1.54, 1.807) is 0 Å². The summed E-state index contributed by atoms with van der Waals surface area (Å²) < 4.78 is 0. The minimum atomic E-state index is 0.0218. The molecule has 3 nitrogen and oxygen atoms in total. The van der Waals surface area contributed by atoms with Gasteiger partial charge in [0.15, 0.2) is 0 Å². The summed E-state index contributed by atoms with van der Waals surface area (Å²) in [5.41, 5.74) is 11.5. The third kappa shape index (κ3) is 1.84. The molecule has 3 heteroatoms. The Morgan fingerprint density at radius 1 is 1.14 bits per heavy atom. The Morgan fingerprint density at radius 2 is 2.00 bits per heavy atom. The number of hydrogen-bond acceptors (Lipinski definition) is 2. The minimum Gasteiger partial charge on any atom is -0.398 e. The van der Waals surface area contributed by atoms with Gasteiger partial charge in [-0.1, -0.05) is 30.3 Å². The molecule has 0 saturated carbocycles. The number of benzene rings is 2. The fraction of sp³-hybridized carbons (Fsp3) is 0.278. The molecule has 0 fully saturated rings. The maximum atomic E-state index is 12.9. The summed E-state index contributed by atoms with van der Waals surface area (Å²) in [5, 5.41) is 0. The van der Waals surface area contributed by atoms with Gasteiger partial charge in [0.2, 0.25) is 5.91 Å². The van der Waals surface area contributed by atoms with Crippen LogP contribution in [0.3, 0.4) is 0 Å². The lowest BCUT2D eigenvalue weighted by atomic mass is 9.76. The summed E-state index contributed by atoms with van der Waals surface area (Å²) in [5.74, 6) is 0.244. The molecule has 2 aromatic rings. The Hall–Kier alpha value is -2.29. The second-order valence-corrected chi connectivity index (χ2v) is 5.89. The van der Waals surface area contributed by atoms with Crippen LogP contribution in [0.5, 0.6) is 0 Å². The normalized spacial score (nSPS) is 19.4. The molecule has 1 heterocycles. The number of amides is 1. The molecular formula is C18H18N2O. The van der Waals surface area contributed by atoms with E-state index >= 15 is 0 Å². The summed E-state index contributed by atoms with van der Waals surface area (Å²) in [6.07, 6.45) is 2.82. The van der Waals surface area contributed by atoms with Crippen molar-refractivity contribution in [2.75, 3.05) is 17.2 Å². The minimum absolute atomic E-state index is 0.0218. The van der Waals surface area contributed by atoms with E-state index in [1.807, 2.05) is 35.2 Å². The highest BCUT2D eigenvalue weighted by molar-refractivity contribution is 6.01. The van der Waals surface area contributed by atoms with Gasteiger partial charge in [0.1, 0.15) is 0 Å². The molecule has 1 aliphatic heterocycles. The van der Waals surface area contributed by atoms with E-state index in [2.05, 4.69) is 12.1 Å². The van der Waals surface area contributed by atoms with Crippen molar-refractivity contribution >= 4 is 17.3 Å². The van der Waals surface area contributed by atoms with Crippen LogP contribution >= 0.6 is 0 Å². The average molecular weight is 278 g/mol. The van der Waals surface area contributed by atoms with Crippen LogP contribution in [0.25, 0.3) is 0 Å². The van der Waals surface area contributed by atoms with E-state index in [0.29, 0.717) is 0 Å². The van der Waals surface area contributed by atoms with Crippen molar-refractivity contribution in [3.8, 4) is 0 Å². The molecule has 1 amide bonds. The SMILES string of the molecule is Nc1cccc2c1CCCN2C(=O)C1Cc2ccccc21. The number of hydrogen-bond donors (Lipinski definition) is 1. The summed E-state index contributed by atoms with van der Waals surface area (Å²) in [4.78, 5) is 14.8. The van der Waals surface area contributed by atoms with Crippen molar-refractivity contribution in [2.45, 2.75) is 25.2 Å². The van der Waals surface area contributed by atoms with Crippen molar-refractivity contribution < 1.29 is 4.79 Å². The number of carbonyl (C=O) groups excluding carboxylic acids is 1. The van der Waals surface area contributed by atoms with Gasteiger partial charge in [-0.05, 0) is 48.1 Å². The van der Waals surface area contributed by atoms with Gasteiger partial charge < -0.3 is 10.6 Å². The van der Waals surface area contributed by atoms with E-state index in [-0.39, 0.29) is 11.8 Å². The van der Waals surface area contributed by atoms with Gasteiger partial charge in [0, 0.05) is 17.9 Å². The van der Waals surface area contributed by atoms with Crippen LogP contribution in [0.4, 0.5) is 11.4 Å². The van der Waals surface area contributed by atoms with Gasteiger partial charge in [0.25, 0.3) is 0 Å². The average Bonchev–Trinajstić information content (AvgIpc) is 2.48. The maximum absolute atomic E-state index is 12.9. The number of fused-ring (bicyclic) bond motifs is 2. The van der Waals surface area contributed by atoms with Gasteiger partial charge in [-0.15, -0.1) is 0 Å². The Balaban J connectivity index is 1.68. The highest BCUT2D eigenvalue weighted by Crippen LogP contribution is 2.39. The van der Waals surface area contributed by atoms with Gasteiger partial charge in [-0.25, -0.2) is 0 Å². The molecular weight excluding hydrogens is 260 g/mol. The highest BCUT2D eigenvalue weighted by atomic mass is 16.2. The Labute approximate surface area is 124 Å². The first-order chi connectivity index (χ1) is 10.3.